The van der Waals surface area contributed by atoms with Crippen molar-refractivity contribution in [3.63, 3.8) is 0 Å². The largest absolute Gasteiger partial charge is 0.294 e. The lowest BCUT2D eigenvalue weighted by Crippen LogP contribution is -2.03. The Morgan fingerprint density at radius 3 is 2.57 bits per heavy atom. The average Bonchev–Trinajstić information content (AvgIpc) is 2.77. The first-order valence-electron chi connectivity index (χ1n) is 6.56. The maximum absolute atomic E-state index is 6.34. The summed E-state index contributed by atoms with van der Waals surface area (Å²) in [7, 11) is 0. The summed E-state index contributed by atoms with van der Waals surface area (Å²) in [5.41, 5.74) is 4.23. The van der Waals surface area contributed by atoms with Crippen molar-refractivity contribution in [3.8, 4) is 5.69 Å². The molecular formula is C16H13Br2ClN2. The molecule has 1 heterocycles. The third kappa shape index (κ3) is 2.77. The molecule has 0 bridgehead atoms. The number of aromatic nitrogens is 2. The van der Waals surface area contributed by atoms with Crippen molar-refractivity contribution in [1.82, 2.24) is 9.55 Å². The summed E-state index contributed by atoms with van der Waals surface area (Å²) in [4.78, 5) is 4.68. The standard InChI is InChI=1S/C16H13Br2ClN2/c1-9-3-6-14(12(18)7-9)21-15-8-11(17)4-5-13(15)20-16(21)10(2)19/h3-8,10H,1-2H3. The van der Waals surface area contributed by atoms with E-state index in [1.165, 1.54) is 5.56 Å². The zero-order valence-electron chi connectivity index (χ0n) is 11.6. The predicted octanol–water partition coefficient (Wildman–Crippen LogP) is 6.16. The number of halogens is 3. The van der Waals surface area contributed by atoms with Gasteiger partial charge in [0, 0.05) is 8.95 Å². The fourth-order valence-corrected chi connectivity index (χ4v) is 3.55. The van der Waals surface area contributed by atoms with Crippen molar-refractivity contribution in [2.24, 2.45) is 0 Å². The van der Waals surface area contributed by atoms with E-state index in [1.54, 1.807) is 0 Å². The summed E-state index contributed by atoms with van der Waals surface area (Å²) in [5.74, 6) is 0.842. The quantitative estimate of drug-likeness (QED) is 0.447. The number of hydrogen-bond acceptors (Lipinski definition) is 1. The molecule has 0 aliphatic heterocycles. The minimum atomic E-state index is -0.177. The van der Waals surface area contributed by atoms with Crippen LogP contribution in [0.3, 0.4) is 0 Å². The number of alkyl halides is 1. The molecule has 108 valence electrons. The summed E-state index contributed by atoms with van der Waals surface area (Å²) < 4.78 is 4.16. The molecule has 2 nitrogen and oxygen atoms in total. The van der Waals surface area contributed by atoms with E-state index in [-0.39, 0.29) is 5.38 Å². The van der Waals surface area contributed by atoms with Crippen molar-refractivity contribution in [3.05, 3.63) is 56.7 Å². The number of nitrogens with zero attached hydrogens (tertiary/aromatic N) is 2. The van der Waals surface area contributed by atoms with E-state index in [2.05, 4.69) is 72.6 Å². The van der Waals surface area contributed by atoms with Gasteiger partial charge in [-0.15, -0.1) is 11.6 Å². The van der Waals surface area contributed by atoms with E-state index in [4.69, 9.17) is 11.6 Å². The maximum Gasteiger partial charge on any atom is 0.132 e. The van der Waals surface area contributed by atoms with Crippen LogP contribution in [0.15, 0.2) is 45.3 Å². The molecule has 3 rings (SSSR count). The van der Waals surface area contributed by atoms with Crippen LogP contribution in [0, 0.1) is 6.92 Å². The zero-order valence-corrected chi connectivity index (χ0v) is 15.5. The van der Waals surface area contributed by atoms with Gasteiger partial charge in [-0.2, -0.15) is 0 Å². The number of hydrogen-bond donors (Lipinski definition) is 0. The molecule has 0 saturated carbocycles. The van der Waals surface area contributed by atoms with Crippen LogP contribution in [0.25, 0.3) is 16.7 Å². The van der Waals surface area contributed by atoms with Crippen LogP contribution in [0.2, 0.25) is 0 Å². The summed E-state index contributed by atoms with van der Waals surface area (Å²) >= 11 is 13.5. The average molecular weight is 429 g/mol. The Morgan fingerprint density at radius 1 is 1.14 bits per heavy atom. The molecule has 0 aliphatic rings. The molecule has 0 N–H and O–H groups in total. The molecule has 2 aromatic carbocycles. The highest BCUT2D eigenvalue weighted by molar-refractivity contribution is 9.10. The van der Waals surface area contributed by atoms with Gasteiger partial charge in [0.25, 0.3) is 0 Å². The van der Waals surface area contributed by atoms with Crippen molar-refractivity contribution in [1.29, 1.82) is 0 Å². The van der Waals surface area contributed by atoms with Gasteiger partial charge in [-0.1, -0.05) is 22.0 Å². The molecule has 3 aromatic rings. The predicted molar refractivity (Wildman–Crippen MR) is 95.5 cm³/mol. The van der Waals surface area contributed by atoms with Crippen molar-refractivity contribution in [2.75, 3.05) is 0 Å². The zero-order chi connectivity index (χ0) is 15.1. The van der Waals surface area contributed by atoms with Gasteiger partial charge in [-0.05, 0) is 65.7 Å². The van der Waals surface area contributed by atoms with Gasteiger partial charge in [0.2, 0.25) is 0 Å². The Bertz CT molecular complexity index is 825. The molecule has 0 radical (unpaired) electrons. The summed E-state index contributed by atoms with van der Waals surface area (Å²) in [6.07, 6.45) is 0. The molecule has 0 spiro atoms. The van der Waals surface area contributed by atoms with Crippen LogP contribution in [0.4, 0.5) is 0 Å². The van der Waals surface area contributed by atoms with Crippen molar-refractivity contribution < 1.29 is 0 Å². The van der Waals surface area contributed by atoms with Crippen LogP contribution in [-0.2, 0) is 0 Å². The van der Waals surface area contributed by atoms with E-state index in [0.717, 1.165) is 31.5 Å². The lowest BCUT2D eigenvalue weighted by molar-refractivity contribution is 0.880. The molecule has 21 heavy (non-hydrogen) atoms. The van der Waals surface area contributed by atoms with Gasteiger partial charge >= 0.3 is 0 Å². The van der Waals surface area contributed by atoms with Gasteiger partial charge in [0.05, 0.1) is 22.1 Å². The summed E-state index contributed by atoms with van der Waals surface area (Å²) in [5, 5.41) is -0.177. The van der Waals surface area contributed by atoms with E-state index in [9.17, 15) is 0 Å². The second-order valence-corrected chi connectivity index (χ2v) is 7.43. The number of imidazole rings is 1. The van der Waals surface area contributed by atoms with Gasteiger partial charge in [0.15, 0.2) is 0 Å². The lowest BCUT2D eigenvalue weighted by Gasteiger charge is -2.13. The SMILES string of the molecule is Cc1ccc(-n2c(C(C)Cl)nc3ccc(Br)cc32)c(Br)c1. The van der Waals surface area contributed by atoms with Crippen LogP contribution < -0.4 is 0 Å². The Hall–Kier alpha value is -0.840. The molecule has 1 unspecified atom stereocenters. The maximum atomic E-state index is 6.34. The molecule has 0 fully saturated rings. The van der Waals surface area contributed by atoms with Gasteiger partial charge in [0.1, 0.15) is 5.82 Å². The third-order valence-electron chi connectivity index (χ3n) is 3.34. The molecule has 0 aliphatic carbocycles. The third-order valence-corrected chi connectivity index (χ3v) is 4.67. The van der Waals surface area contributed by atoms with Gasteiger partial charge < -0.3 is 0 Å². The van der Waals surface area contributed by atoms with Crippen LogP contribution in [0.5, 0.6) is 0 Å². The molecule has 0 amide bonds. The first-order chi connectivity index (χ1) is 9.97. The number of rotatable bonds is 2. The smallest absolute Gasteiger partial charge is 0.132 e. The number of benzene rings is 2. The molecule has 1 aromatic heterocycles. The summed E-state index contributed by atoms with van der Waals surface area (Å²) in [6, 6.07) is 12.3. The van der Waals surface area contributed by atoms with E-state index in [0.29, 0.717) is 0 Å². The highest BCUT2D eigenvalue weighted by atomic mass is 79.9. The van der Waals surface area contributed by atoms with E-state index >= 15 is 0 Å². The number of aryl methyl sites for hydroxylation is 1. The Morgan fingerprint density at radius 2 is 1.90 bits per heavy atom. The van der Waals surface area contributed by atoms with E-state index < -0.39 is 0 Å². The Balaban J connectivity index is 2.38. The second kappa shape index (κ2) is 5.75. The van der Waals surface area contributed by atoms with E-state index in [1.807, 2.05) is 19.1 Å². The normalized spacial score (nSPS) is 12.8. The minimum Gasteiger partial charge on any atom is -0.294 e. The fourth-order valence-electron chi connectivity index (χ4n) is 2.38. The second-order valence-electron chi connectivity index (χ2n) is 5.01. The van der Waals surface area contributed by atoms with Crippen LogP contribution in [0.1, 0.15) is 23.7 Å². The first-order valence-corrected chi connectivity index (χ1v) is 8.58. The molecule has 5 heteroatoms. The summed E-state index contributed by atoms with van der Waals surface area (Å²) in [6.45, 7) is 4.01. The topological polar surface area (TPSA) is 17.8 Å². The van der Waals surface area contributed by atoms with Crippen LogP contribution >= 0.6 is 43.5 Å². The Labute approximate surface area is 145 Å². The number of fused-ring (bicyclic) bond motifs is 1. The first kappa shape index (κ1) is 15.1. The molecular weight excluding hydrogens is 415 g/mol. The molecule has 1 atom stereocenters. The minimum absolute atomic E-state index is 0.177. The molecule has 0 saturated heterocycles. The lowest BCUT2D eigenvalue weighted by atomic mass is 10.2. The van der Waals surface area contributed by atoms with Gasteiger partial charge in [-0.3, -0.25) is 4.57 Å². The highest BCUT2D eigenvalue weighted by Crippen LogP contribution is 2.33. The van der Waals surface area contributed by atoms with Crippen molar-refractivity contribution >= 4 is 54.5 Å². The van der Waals surface area contributed by atoms with Crippen molar-refractivity contribution in [2.45, 2.75) is 19.2 Å². The van der Waals surface area contributed by atoms with Gasteiger partial charge in [-0.25, -0.2) is 4.98 Å². The van der Waals surface area contributed by atoms with Crippen LogP contribution in [-0.4, -0.2) is 9.55 Å². The monoisotopic (exact) mass is 426 g/mol. The fraction of sp³-hybridized carbons (Fsp3) is 0.188. The Kier molecular flexibility index (Phi) is 4.12. The highest BCUT2D eigenvalue weighted by Gasteiger charge is 2.18.